The molecular weight excluding hydrogens is 287 g/mol. The van der Waals surface area contributed by atoms with Crippen LogP contribution >= 0.6 is 0 Å². The van der Waals surface area contributed by atoms with Crippen LogP contribution in [0.25, 0.3) is 0 Å². The Balaban J connectivity index is 1.94. The van der Waals surface area contributed by atoms with E-state index in [9.17, 15) is 19.1 Å². The minimum atomic E-state index is -0.828. The highest BCUT2D eigenvalue weighted by Crippen LogP contribution is 2.24. The zero-order valence-corrected chi connectivity index (χ0v) is 12.6. The van der Waals surface area contributed by atoms with Crippen molar-refractivity contribution in [2.24, 2.45) is 5.92 Å². The lowest BCUT2D eigenvalue weighted by molar-refractivity contribution is -0.137. The Morgan fingerprint density at radius 1 is 1.27 bits per heavy atom. The van der Waals surface area contributed by atoms with Crippen molar-refractivity contribution in [2.75, 3.05) is 11.9 Å². The molecule has 2 rings (SSSR count). The maximum Gasteiger partial charge on any atom is 0.313 e. The summed E-state index contributed by atoms with van der Waals surface area (Å²) in [7, 11) is 0. The van der Waals surface area contributed by atoms with Crippen molar-refractivity contribution in [3.63, 3.8) is 0 Å². The summed E-state index contributed by atoms with van der Waals surface area (Å²) in [6.07, 6.45) is 3.58. The SMILES string of the molecule is Cc1ccc(NC(=O)C(=O)NC2CCCCC2CO)cc1F. The predicted octanol–water partition coefficient (Wildman–Crippen LogP) is 1.74. The molecule has 0 heterocycles. The lowest BCUT2D eigenvalue weighted by Gasteiger charge is -2.30. The summed E-state index contributed by atoms with van der Waals surface area (Å²) in [4.78, 5) is 23.8. The average molecular weight is 308 g/mol. The molecule has 0 aromatic heterocycles. The third-order valence-electron chi connectivity index (χ3n) is 4.10. The smallest absolute Gasteiger partial charge is 0.313 e. The van der Waals surface area contributed by atoms with Gasteiger partial charge in [0.1, 0.15) is 5.82 Å². The molecule has 5 nitrogen and oxygen atoms in total. The quantitative estimate of drug-likeness (QED) is 0.744. The van der Waals surface area contributed by atoms with E-state index in [-0.39, 0.29) is 24.3 Å². The van der Waals surface area contributed by atoms with Crippen LogP contribution in [0.2, 0.25) is 0 Å². The normalized spacial score (nSPS) is 21.2. The lowest BCUT2D eigenvalue weighted by atomic mass is 9.85. The van der Waals surface area contributed by atoms with Gasteiger partial charge in [0.25, 0.3) is 0 Å². The van der Waals surface area contributed by atoms with Crippen molar-refractivity contribution >= 4 is 17.5 Å². The number of aliphatic hydroxyl groups excluding tert-OH is 1. The molecule has 2 atom stereocenters. The zero-order chi connectivity index (χ0) is 16.1. The highest BCUT2D eigenvalue weighted by Gasteiger charge is 2.27. The van der Waals surface area contributed by atoms with Crippen molar-refractivity contribution in [1.29, 1.82) is 0 Å². The van der Waals surface area contributed by atoms with Gasteiger partial charge in [0.15, 0.2) is 0 Å². The van der Waals surface area contributed by atoms with Crippen LogP contribution in [0.5, 0.6) is 0 Å². The van der Waals surface area contributed by atoms with Gasteiger partial charge in [0.05, 0.1) is 0 Å². The molecule has 0 radical (unpaired) electrons. The first-order valence-electron chi connectivity index (χ1n) is 7.50. The fourth-order valence-electron chi connectivity index (χ4n) is 2.71. The van der Waals surface area contributed by atoms with E-state index >= 15 is 0 Å². The first-order valence-corrected chi connectivity index (χ1v) is 7.50. The van der Waals surface area contributed by atoms with Crippen LogP contribution in [0.3, 0.4) is 0 Å². The molecule has 2 unspecified atom stereocenters. The molecule has 2 amide bonds. The number of hydrogen-bond acceptors (Lipinski definition) is 3. The van der Waals surface area contributed by atoms with Crippen molar-refractivity contribution in [3.05, 3.63) is 29.6 Å². The van der Waals surface area contributed by atoms with Gasteiger partial charge in [-0.1, -0.05) is 18.9 Å². The van der Waals surface area contributed by atoms with Gasteiger partial charge in [-0.15, -0.1) is 0 Å². The number of nitrogens with one attached hydrogen (secondary N) is 2. The molecule has 1 saturated carbocycles. The monoisotopic (exact) mass is 308 g/mol. The minimum absolute atomic E-state index is 0.00423. The van der Waals surface area contributed by atoms with Crippen molar-refractivity contribution in [1.82, 2.24) is 5.32 Å². The van der Waals surface area contributed by atoms with Crippen LogP contribution in [0.1, 0.15) is 31.2 Å². The first kappa shape index (κ1) is 16.4. The molecule has 6 heteroatoms. The molecular formula is C16H21FN2O3. The van der Waals surface area contributed by atoms with Crippen LogP contribution < -0.4 is 10.6 Å². The van der Waals surface area contributed by atoms with Crippen LogP contribution in [0.4, 0.5) is 10.1 Å². The number of anilines is 1. The van der Waals surface area contributed by atoms with E-state index in [2.05, 4.69) is 10.6 Å². The van der Waals surface area contributed by atoms with Gasteiger partial charge in [-0.2, -0.15) is 0 Å². The Kier molecular flexibility index (Phi) is 5.49. The number of hydrogen-bond donors (Lipinski definition) is 3. The highest BCUT2D eigenvalue weighted by molar-refractivity contribution is 6.39. The molecule has 120 valence electrons. The number of rotatable bonds is 3. The number of amides is 2. The molecule has 0 aliphatic heterocycles. The number of carbonyl (C=O) groups is 2. The fourth-order valence-corrected chi connectivity index (χ4v) is 2.71. The lowest BCUT2D eigenvalue weighted by Crippen LogP contribution is -2.47. The molecule has 1 aromatic carbocycles. The summed E-state index contributed by atoms with van der Waals surface area (Å²) in [5, 5.41) is 14.4. The van der Waals surface area contributed by atoms with E-state index in [0.717, 1.165) is 25.7 Å². The second-order valence-corrected chi connectivity index (χ2v) is 5.73. The molecule has 0 saturated heterocycles. The van der Waals surface area contributed by atoms with Gasteiger partial charge in [-0.05, 0) is 37.5 Å². The minimum Gasteiger partial charge on any atom is -0.396 e. The maximum atomic E-state index is 13.4. The Morgan fingerprint density at radius 2 is 2.00 bits per heavy atom. The summed E-state index contributed by atoms with van der Waals surface area (Å²) in [6.45, 7) is 1.61. The van der Waals surface area contributed by atoms with E-state index in [4.69, 9.17) is 0 Å². The van der Waals surface area contributed by atoms with E-state index in [1.807, 2.05) is 0 Å². The highest BCUT2D eigenvalue weighted by atomic mass is 19.1. The zero-order valence-electron chi connectivity index (χ0n) is 12.6. The summed E-state index contributed by atoms with van der Waals surface area (Å²) >= 11 is 0. The molecule has 3 N–H and O–H groups in total. The van der Waals surface area contributed by atoms with Crippen LogP contribution in [0, 0.1) is 18.7 Å². The Bertz CT molecular complexity index is 562. The van der Waals surface area contributed by atoms with E-state index in [1.165, 1.54) is 12.1 Å². The Hall–Kier alpha value is -1.95. The van der Waals surface area contributed by atoms with Gasteiger partial charge in [-0.25, -0.2) is 4.39 Å². The van der Waals surface area contributed by atoms with Crippen molar-refractivity contribution in [3.8, 4) is 0 Å². The standard InChI is InChI=1S/C16H21FN2O3/c1-10-6-7-12(8-13(10)17)18-15(21)16(22)19-14-5-3-2-4-11(14)9-20/h6-8,11,14,20H,2-5,9H2,1H3,(H,18,21)(H,19,22). The molecule has 1 aliphatic carbocycles. The summed E-state index contributed by atoms with van der Waals surface area (Å²) < 4.78 is 13.4. The van der Waals surface area contributed by atoms with Gasteiger partial charge in [-0.3, -0.25) is 9.59 Å². The third kappa shape index (κ3) is 4.04. The molecule has 0 bridgehead atoms. The fraction of sp³-hybridized carbons (Fsp3) is 0.500. The third-order valence-corrected chi connectivity index (χ3v) is 4.10. The predicted molar refractivity (Wildman–Crippen MR) is 80.7 cm³/mol. The number of aryl methyl sites for hydroxylation is 1. The number of halogens is 1. The second kappa shape index (κ2) is 7.35. The number of aliphatic hydroxyl groups is 1. The van der Waals surface area contributed by atoms with Gasteiger partial charge in [0, 0.05) is 24.3 Å². The Labute approximate surface area is 128 Å². The van der Waals surface area contributed by atoms with E-state index in [1.54, 1.807) is 13.0 Å². The maximum absolute atomic E-state index is 13.4. The second-order valence-electron chi connectivity index (χ2n) is 5.73. The molecule has 22 heavy (non-hydrogen) atoms. The van der Waals surface area contributed by atoms with E-state index < -0.39 is 17.6 Å². The van der Waals surface area contributed by atoms with E-state index in [0.29, 0.717) is 5.56 Å². The summed E-state index contributed by atoms with van der Waals surface area (Å²) in [5.74, 6) is -2.04. The summed E-state index contributed by atoms with van der Waals surface area (Å²) in [6, 6.07) is 4.07. The Morgan fingerprint density at radius 3 is 2.68 bits per heavy atom. The van der Waals surface area contributed by atoms with Crippen LogP contribution in [-0.2, 0) is 9.59 Å². The van der Waals surface area contributed by atoms with Crippen molar-refractivity contribution < 1.29 is 19.1 Å². The van der Waals surface area contributed by atoms with Gasteiger partial charge >= 0.3 is 11.8 Å². The number of carbonyl (C=O) groups excluding carboxylic acids is 2. The molecule has 1 fully saturated rings. The van der Waals surface area contributed by atoms with Crippen LogP contribution in [0.15, 0.2) is 18.2 Å². The van der Waals surface area contributed by atoms with Crippen LogP contribution in [-0.4, -0.2) is 29.6 Å². The summed E-state index contributed by atoms with van der Waals surface area (Å²) in [5.41, 5.74) is 0.709. The molecule has 1 aromatic rings. The first-order chi connectivity index (χ1) is 10.5. The number of benzene rings is 1. The van der Waals surface area contributed by atoms with Gasteiger partial charge in [0.2, 0.25) is 0 Å². The largest absolute Gasteiger partial charge is 0.396 e. The van der Waals surface area contributed by atoms with Crippen molar-refractivity contribution in [2.45, 2.75) is 38.6 Å². The molecule has 1 aliphatic rings. The van der Waals surface area contributed by atoms with Gasteiger partial charge < -0.3 is 15.7 Å². The topological polar surface area (TPSA) is 78.4 Å². The molecule has 0 spiro atoms. The average Bonchev–Trinajstić information content (AvgIpc) is 2.51.